The van der Waals surface area contributed by atoms with E-state index in [1.54, 1.807) is 0 Å². The van der Waals surface area contributed by atoms with Gasteiger partial charge >= 0.3 is 0 Å². The van der Waals surface area contributed by atoms with E-state index in [1.165, 1.54) is 6.42 Å². The summed E-state index contributed by atoms with van der Waals surface area (Å²) in [6.07, 6.45) is 5.08. The molecule has 13 heavy (non-hydrogen) atoms. The smallest absolute Gasteiger partial charge is 0.0920 e. The first kappa shape index (κ1) is 9.44. The Labute approximate surface area is 79.6 Å². The molecule has 76 valence electrons. The summed E-state index contributed by atoms with van der Waals surface area (Å²) in [5, 5.41) is 0. The molecule has 3 heteroatoms. The van der Waals surface area contributed by atoms with E-state index in [0.717, 1.165) is 25.9 Å². The van der Waals surface area contributed by atoms with Crippen LogP contribution in [0, 0.1) is 0 Å². The van der Waals surface area contributed by atoms with E-state index >= 15 is 0 Å². The molecule has 0 spiro atoms. The molecule has 0 aromatic carbocycles. The predicted molar refractivity (Wildman–Crippen MR) is 50.5 cm³/mol. The third kappa shape index (κ3) is 1.73. The Bertz CT molecular complexity index is 180. The summed E-state index contributed by atoms with van der Waals surface area (Å²) in [4.78, 5) is 0. The fourth-order valence-electron chi connectivity index (χ4n) is 2.41. The van der Waals surface area contributed by atoms with E-state index in [9.17, 15) is 0 Å². The molecular weight excluding hydrogens is 166 g/mol. The first-order valence-electron chi connectivity index (χ1n) is 5.24. The minimum Gasteiger partial charge on any atom is -0.375 e. The fraction of sp³-hybridized carbons (Fsp3) is 1.00. The lowest BCUT2D eigenvalue weighted by molar-refractivity contribution is -0.108. The van der Waals surface area contributed by atoms with Crippen LogP contribution in [0.25, 0.3) is 0 Å². The highest BCUT2D eigenvalue weighted by Gasteiger charge is 2.43. The topological polar surface area (TPSA) is 44.5 Å². The molecule has 3 atom stereocenters. The van der Waals surface area contributed by atoms with Crippen LogP contribution in [0.3, 0.4) is 0 Å². The van der Waals surface area contributed by atoms with E-state index in [0.29, 0.717) is 12.6 Å². The zero-order valence-corrected chi connectivity index (χ0v) is 8.29. The summed E-state index contributed by atoms with van der Waals surface area (Å²) in [5.41, 5.74) is 5.53. The zero-order chi connectivity index (χ0) is 9.31. The average molecular weight is 185 g/mol. The van der Waals surface area contributed by atoms with Crippen LogP contribution in [0.5, 0.6) is 0 Å². The maximum absolute atomic E-state index is 5.93. The third-order valence-corrected chi connectivity index (χ3v) is 3.27. The summed E-state index contributed by atoms with van der Waals surface area (Å²) in [5.74, 6) is 0. The summed E-state index contributed by atoms with van der Waals surface area (Å²) in [6, 6.07) is 0. The van der Waals surface area contributed by atoms with E-state index in [-0.39, 0.29) is 11.7 Å². The third-order valence-electron chi connectivity index (χ3n) is 3.27. The van der Waals surface area contributed by atoms with Gasteiger partial charge in [-0.25, -0.2) is 0 Å². The molecule has 2 aliphatic rings. The molecule has 3 unspecified atom stereocenters. The molecule has 0 radical (unpaired) electrons. The maximum Gasteiger partial charge on any atom is 0.0920 e. The van der Waals surface area contributed by atoms with E-state index < -0.39 is 0 Å². The van der Waals surface area contributed by atoms with Crippen LogP contribution in [-0.2, 0) is 9.47 Å². The second-order valence-corrected chi connectivity index (χ2v) is 4.33. The van der Waals surface area contributed by atoms with Crippen molar-refractivity contribution >= 4 is 0 Å². The van der Waals surface area contributed by atoms with Crippen molar-refractivity contribution in [2.75, 3.05) is 13.2 Å². The summed E-state index contributed by atoms with van der Waals surface area (Å²) >= 11 is 0. The van der Waals surface area contributed by atoms with Gasteiger partial charge in [0, 0.05) is 13.2 Å². The van der Waals surface area contributed by atoms with Gasteiger partial charge in [0.15, 0.2) is 0 Å². The number of ether oxygens (including phenoxy) is 2. The highest BCUT2D eigenvalue weighted by atomic mass is 16.6. The van der Waals surface area contributed by atoms with Gasteiger partial charge in [-0.1, -0.05) is 0 Å². The van der Waals surface area contributed by atoms with Crippen LogP contribution in [0.15, 0.2) is 0 Å². The van der Waals surface area contributed by atoms with E-state index in [1.807, 2.05) is 0 Å². The largest absolute Gasteiger partial charge is 0.375 e. The first-order chi connectivity index (χ1) is 6.24. The average Bonchev–Trinajstić information content (AvgIpc) is 2.72. The van der Waals surface area contributed by atoms with Gasteiger partial charge in [0.05, 0.1) is 17.8 Å². The number of nitrogens with two attached hydrogens (primary N) is 1. The lowest BCUT2D eigenvalue weighted by atomic mass is 9.93. The van der Waals surface area contributed by atoms with Gasteiger partial charge in [-0.2, -0.15) is 0 Å². The molecule has 2 saturated heterocycles. The Hall–Kier alpha value is -0.120. The van der Waals surface area contributed by atoms with Crippen molar-refractivity contribution in [3.8, 4) is 0 Å². The van der Waals surface area contributed by atoms with Gasteiger partial charge in [-0.05, 0) is 32.6 Å². The molecule has 3 nitrogen and oxygen atoms in total. The monoisotopic (exact) mass is 185 g/mol. The Kier molecular flexibility index (Phi) is 2.58. The van der Waals surface area contributed by atoms with Crippen LogP contribution in [0.1, 0.15) is 32.6 Å². The molecule has 0 bridgehead atoms. The van der Waals surface area contributed by atoms with Gasteiger partial charge in [0.1, 0.15) is 0 Å². The Morgan fingerprint density at radius 1 is 1.46 bits per heavy atom. The van der Waals surface area contributed by atoms with E-state index in [4.69, 9.17) is 15.2 Å². The lowest BCUT2D eigenvalue weighted by Crippen LogP contribution is -2.39. The summed E-state index contributed by atoms with van der Waals surface area (Å²) < 4.78 is 11.6. The fourth-order valence-corrected chi connectivity index (χ4v) is 2.41. The minimum absolute atomic E-state index is 0.0550. The van der Waals surface area contributed by atoms with Crippen molar-refractivity contribution < 1.29 is 9.47 Å². The Morgan fingerprint density at radius 3 is 2.85 bits per heavy atom. The second kappa shape index (κ2) is 3.56. The number of hydrogen-bond donors (Lipinski definition) is 1. The molecule has 0 amide bonds. The van der Waals surface area contributed by atoms with Gasteiger partial charge in [-0.3, -0.25) is 0 Å². The quantitative estimate of drug-likeness (QED) is 0.699. The van der Waals surface area contributed by atoms with E-state index in [2.05, 4.69) is 6.92 Å². The highest BCUT2D eigenvalue weighted by Crippen LogP contribution is 2.37. The normalized spacial score (nSPS) is 45.7. The van der Waals surface area contributed by atoms with Crippen molar-refractivity contribution in [3.63, 3.8) is 0 Å². The minimum atomic E-state index is -0.0550. The molecule has 2 aliphatic heterocycles. The molecular formula is C10H19NO2. The van der Waals surface area contributed by atoms with Crippen molar-refractivity contribution in [3.05, 3.63) is 0 Å². The van der Waals surface area contributed by atoms with Crippen molar-refractivity contribution in [1.29, 1.82) is 0 Å². The van der Waals surface area contributed by atoms with Crippen molar-refractivity contribution in [2.24, 2.45) is 5.73 Å². The van der Waals surface area contributed by atoms with Crippen LogP contribution in [0.4, 0.5) is 0 Å². The van der Waals surface area contributed by atoms with Crippen LogP contribution >= 0.6 is 0 Å². The van der Waals surface area contributed by atoms with Gasteiger partial charge < -0.3 is 15.2 Å². The molecule has 0 aliphatic carbocycles. The molecule has 0 aromatic rings. The van der Waals surface area contributed by atoms with Crippen molar-refractivity contribution in [2.45, 2.75) is 50.4 Å². The van der Waals surface area contributed by atoms with Crippen LogP contribution in [-0.4, -0.2) is 31.0 Å². The van der Waals surface area contributed by atoms with Crippen molar-refractivity contribution in [1.82, 2.24) is 0 Å². The van der Waals surface area contributed by atoms with Gasteiger partial charge in [-0.15, -0.1) is 0 Å². The first-order valence-corrected chi connectivity index (χ1v) is 5.24. The Balaban J connectivity index is 1.96. The Morgan fingerprint density at radius 2 is 2.31 bits per heavy atom. The highest BCUT2D eigenvalue weighted by molar-refractivity contribution is 4.93. The molecule has 0 saturated carbocycles. The molecule has 2 N–H and O–H groups in total. The maximum atomic E-state index is 5.93. The second-order valence-electron chi connectivity index (χ2n) is 4.33. The molecule has 2 fully saturated rings. The number of rotatable bonds is 2. The zero-order valence-electron chi connectivity index (χ0n) is 8.29. The van der Waals surface area contributed by atoms with Crippen LogP contribution in [0.2, 0.25) is 0 Å². The van der Waals surface area contributed by atoms with Crippen LogP contribution < -0.4 is 5.73 Å². The molecule has 2 rings (SSSR count). The summed E-state index contributed by atoms with van der Waals surface area (Å²) in [7, 11) is 0. The standard InChI is InChI=1S/C10H19NO2/c1-10(9-3-2-6-12-9)5-4-8(7-11)13-10/h8-9H,2-7,11H2,1H3. The number of hydrogen-bond acceptors (Lipinski definition) is 3. The molecule has 2 heterocycles. The lowest BCUT2D eigenvalue weighted by Gasteiger charge is -2.30. The molecule has 0 aromatic heterocycles. The van der Waals surface area contributed by atoms with Gasteiger partial charge in [0.2, 0.25) is 0 Å². The SMILES string of the molecule is CC1(C2CCCO2)CCC(CN)O1. The predicted octanol–water partition coefficient (Wildman–Crippen LogP) is 1.06. The summed E-state index contributed by atoms with van der Waals surface area (Å²) in [6.45, 7) is 3.71. The van der Waals surface area contributed by atoms with Gasteiger partial charge in [0.25, 0.3) is 0 Å².